The molecule has 0 bridgehead atoms. The highest BCUT2D eigenvalue weighted by molar-refractivity contribution is 5.40. The van der Waals surface area contributed by atoms with Crippen molar-refractivity contribution < 1.29 is 4.74 Å². The molecule has 20 heavy (non-hydrogen) atoms. The lowest BCUT2D eigenvalue weighted by molar-refractivity contribution is -0.0739. The number of hydrogen-bond donors (Lipinski definition) is 1. The van der Waals surface area contributed by atoms with Gasteiger partial charge in [-0.2, -0.15) is 0 Å². The second-order valence-corrected chi connectivity index (χ2v) is 5.88. The molecule has 2 atom stereocenters. The Balaban J connectivity index is 2.09. The molecule has 1 aromatic rings. The zero-order chi connectivity index (χ0) is 14.6. The summed E-state index contributed by atoms with van der Waals surface area (Å²) in [5.41, 5.74) is 3.06. The van der Waals surface area contributed by atoms with Crippen molar-refractivity contribution in [2.45, 2.75) is 64.0 Å². The van der Waals surface area contributed by atoms with E-state index in [1.807, 2.05) is 0 Å². The molecule has 0 saturated carbocycles. The maximum Gasteiger partial charge on any atom is 0.0829 e. The Bertz CT molecular complexity index is 425. The first kappa shape index (κ1) is 15.5. The molecule has 1 aliphatic carbocycles. The fourth-order valence-corrected chi connectivity index (χ4v) is 3.79. The number of benzene rings is 1. The molecule has 2 rings (SSSR count). The minimum atomic E-state index is -0.0198. The Morgan fingerprint density at radius 1 is 1.25 bits per heavy atom. The van der Waals surface area contributed by atoms with Crippen molar-refractivity contribution in [1.29, 1.82) is 0 Å². The van der Waals surface area contributed by atoms with Crippen LogP contribution in [0.3, 0.4) is 0 Å². The summed E-state index contributed by atoms with van der Waals surface area (Å²) in [6, 6.07) is 9.28. The van der Waals surface area contributed by atoms with E-state index < -0.39 is 0 Å². The second kappa shape index (κ2) is 6.73. The van der Waals surface area contributed by atoms with Gasteiger partial charge in [0.1, 0.15) is 0 Å². The molecule has 1 N–H and O–H groups in total. The van der Waals surface area contributed by atoms with Crippen molar-refractivity contribution in [3.8, 4) is 0 Å². The fourth-order valence-electron chi connectivity index (χ4n) is 3.79. The molecule has 0 aliphatic heterocycles. The highest BCUT2D eigenvalue weighted by Crippen LogP contribution is 2.40. The predicted molar refractivity (Wildman–Crippen MR) is 85.3 cm³/mol. The Labute approximate surface area is 123 Å². The van der Waals surface area contributed by atoms with Gasteiger partial charge in [-0.15, -0.1) is 0 Å². The molecule has 2 nitrogen and oxygen atoms in total. The van der Waals surface area contributed by atoms with Gasteiger partial charge in [-0.05, 0) is 56.7 Å². The number of likely N-dealkylation sites (N-methyl/N-ethyl adjacent to an activating group) is 1. The Hall–Kier alpha value is -0.860. The molecule has 112 valence electrons. The summed E-state index contributed by atoms with van der Waals surface area (Å²) < 4.78 is 6.18. The first-order valence-electron chi connectivity index (χ1n) is 8.09. The quantitative estimate of drug-likeness (QED) is 0.777. The lowest BCUT2D eigenvalue weighted by atomic mass is 9.71. The number of rotatable bonds is 8. The molecular weight excluding hydrogens is 246 g/mol. The van der Waals surface area contributed by atoms with Crippen LogP contribution in [0.1, 0.15) is 57.1 Å². The van der Waals surface area contributed by atoms with Gasteiger partial charge in [-0.25, -0.2) is 0 Å². The van der Waals surface area contributed by atoms with Crippen molar-refractivity contribution in [3.63, 3.8) is 0 Å². The molecular formula is C18H29NO. The molecule has 1 aliphatic rings. The van der Waals surface area contributed by atoms with Crippen LogP contribution in [0.15, 0.2) is 24.3 Å². The van der Waals surface area contributed by atoms with E-state index >= 15 is 0 Å². The smallest absolute Gasteiger partial charge is 0.0829 e. The summed E-state index contributed by atoms with van der Waals surface area (Å²) in [5, 5.41) is 3.53. The maximum atomic E-state index is 6.18. The Morgan fingerprint density at radius 2 is 1.95 bits per heavy atom. The third kappa shape index (κ3) is 2.77. The summed E-state index contributed by atoms with van der Waals surface area (Å²) in [7, 11) is 2.08. The largest absolute Gasteiger partial charge is 0.374 e. The SMILES string of the molecule is CCOC(CC)(CC)C(CC1Cc2ccccc21)NC. The lowest BCUT2D eigenvalue weighted by Gasteiger charge is -2.43. The van der Waals surface area contributed by atoms with Gasteiger partial charge in [0, 0.05) is 12.6 Å². The zero-order valence-corrected chi connectivity index (χ0v) is 13.4. The summed E-state index contributed by atoms with van der Waals surface area (Å²) in [6.07, 6.45) is 4.54. The molecule has 0 saturated heterocycles. The highest BCUT2D eigenvalue weighted by atomic mass is 16.5. The molecule has 0 amide bonds. The van der Waals surface area contributed by atoms with Gasteiger partial charge in [-0.1, -0.05) is 38.1 Å². The van der Waals surface area contributed by atoms with Gasteiger partial charge >= 0.3 is 0 Å². The van der Waals surface area contributed by atoms with Crippen molar-refractivity contribution in [2.75, 3.05) is 13.7 Å². The predicted octanol–water partition coefficient (Wildman–Crippen LogP) is 3.90. The number of hydrogen-bond acceptors (Lipinski definition) is 2. The van der Waals surface area contributed by atoms with E-state index in [0.717, 1.165) is 19.4 Å². The first-order chi connectivity index (χ1) is 9.70. The van der Waals surface area contributed by atoms with Crippen LogP contribution in [-0.4, -0.2) is 25.3 Å². The summed E-state index contributed by atoms with van der Waals surface area (Å²) in [4.78, 5) is 0. The molecule has 0 aromatic heterocycles. The number of fused-ring (bicyclic) bond motifs is 1. The van der Waals surface area contributed by atoms with Gasteiger partial charge in [0.2, 0.25) is 0 Å². The van der Waals surface area contributed by atoms with Crippen LogP contribution in [-0.2, 0) is 11.2 Å². The van der Waals surface area contributed by atoms with Gasteiger partial charge < -0.3 is 10.1 Å². The molecule has 0 spiro atoms. The number of nitrogens with one attached hydrogen (secondary N) is 1. The minimum absolute atomic E-state index is 0.0198. The molecule has 0 heterocycles. The average Bonchev–Trinajstić information content (AvgIpc) is 2.47. The van der Waals surface area contributed by atoms with Crippen LogP contribution in [0.2, 0.25) is 0 Å². The Morgan fingerprint density at radius 3 is 2.50 bits per heavy atom. The monoisotopic (exact) mass is 275 g/mol. The van der Waals surface area contributed by atoms with E-state index in [0.29, 0.717) is 12.0 Å². The Kier molecular flexibility index (Phi) is 5.22. The van der Waals surface area contributed by atoms with Crippen LogP contribution in [0.25, 0.3) is 0 Å². The summed E-state index contributed by atoms with van der Waals surface area (Å²) in [6.45, 7) is 7.39. The lowest BCUT2D eigenvalue weighted by Crippen LogP contribution is -2.52. The van der Waals surface area contributed by atoms with E-state index in [1.54, 1.807) is 5.56 Å². The van der Waals surface area contributed by atoms with Crippen molar-refractivity contribution in [2.24, 2.45) is 0 Å². The first-order valence-corrected chi connectivity index (χ1v) is 8.09. The van der Waals surface area contributed by atoms with E-state index in [4.69, 9.17) is 4.74 Å². The van der Waals surface area contributed by atoms with Crippen molar-refractivity contribution >= 4 is 0 Å². The average molecular weight is 275 g/mol. The zero-order valence-electron chi connectivity index (χ0n) is 13.4. The summed E-state index contributed by atoms with van der Waals surface area (Å²) in [5.74, 6) is 0.696. The van der Waals surface area contributed by atoms with Gasteiger partial charge in [0.05, 0.1) is 5.60 Å². The van der Waals surface area contributed by atoms with E-state index in [9.17, 15) is 0 Å². The molecule has 2 unspecified atom stereocenters. The maximum absolute atomic E-state index is 6.18. The van der Waals surface area contributed by atoms with Crippen LogP contribution in [0, 0.1) is 0 Å². The number of ether oxygens (including phenoxy) is 1. The molecule has 0 radical (unpaired) electrons. The van der Waals surface area contributed by atoms with E-state index in [1.165, 1.54) is 18.4 Å². The van der Waals surface area contributed by atoms with E-state index in [2.05, 4.69) is 57.4 Å². The normalized spacial score (nSPS) is 19.3. The van der Waals surface area contributed by atoms with Gasteiger partial charge in [-0.3, -0.25) is 0 Å². The summed E-state index contributed by atoms with van der Waals surface area (Å²) >= 11 is 0. The highest BCUT2D eigenvalue weighted by Gasteiger charge is 2.39. The van der Waals surface area contributed by atoms with E-state index in [-0.39, 0.29) is 5.60 Å². The van der Waals surface area contributed by atoms with Crippen molar-refractivity contribution in [1.82, 2.24) is 5.32 Å². The molecule has 1 aromatic carbocycles. The second-order valence-electron chi connectivity index (χ2n) is 5.88. The molecule has 0 fully saturated rings. The van der Waals surface area contributed by atoms with Gasteiger partial charge in [0.15, 0.2) is 0 Å². The molecule has 2 heteroatoms. The third-order valence-corrected chi connectivity index (χ3v) is 5.09. The fraction of sp³-hybridized carbons (Fsp3) is 0.667. The van der Waals surface area contributed by atoms with Crippen LogP contribution in [0.5, 0.6) is 0 Å². The topological polar surface area (TPSA) is 21.3 Å². The van der Waals surface area contributed by atoms with Crippen LogP contribution >= 0.6 is 0 Å². The van der Waals surface area contributed by atoms with Crippen LogP contribution in [0.4, 0.5) is 0 Å². The minimum Gasteiger partial charge on any atom is -0.374 e. The van der Waals surface area contributed by atoms with Crippen molar-refractivity contribution in [3.05, 3.63) is 35.4 Å². The standard InChI is InChI=1S/C18H29NO/c1-5-18(6-2,20-7-3)17(19-4)13-15-12-14-10-8-9-11-16(14)15/h8-11,15,17,19H,5-7,12-13H2,1-4H3. The van der Waals surface area contributed by atoms with Crippen LogP contribution < -0.4 is 5.32 Å². The van der Waals surface area contributed by atoms with Gasteiger partial charge in [0.25, 0.3) is 0 Å². The third-order valence-electron chi connectivity index (χ3n) is 5.09.